The lowest BCUT2D eigenvalue weighted by molar-refractivity contribution is -0.136. The van der Waals surface area contributed by atoms with Crippen LogP contribution in [0.3, 0.4) is 0 Å². The van der Waals surface area contributed by atoms with Gasteiger partial charge >= 0.3 is 11.8 Å². The van der Waals surface area contributed by atoms with E-state index in [4.69, 9.17) is 21.1 Å². The number of carbonyl (C=O) groups is 3. The lowest BCUT2D eigenvalue weighted by Crippen LogP contribution is -2.32. The monoisotopic (exact) mass is 624 g/mol. The van der Waals surface area contributed by atoms with E-state index in [9.17, 15) is 18.8 Å². The molecule has 0 spiro atoms. The maximum Gasteiger partial charge on any atom is 0.329 e. The summed E-state index contributed by atoms with van der Waals surface area (Å²) in [5.74, 6) is -2.19. The molecule has 3 aromatic carbocycles. The van der Waals surface area contributed by atoms with E-state index in [1.807, 2.05) is 22.6 Å². The Morgan fingerprint density at radius 2 is 1.78 bits per heavy atom. The molecule has 36 heavy (non-hydrogen) atoms. The molecule has 3 N–H and O–H groups in total. The first-order chi connectivity index (χ1) is 17.3. The van der Waals surface area contributed by atoms with Crippen LogP contribution in [-0.2, 0) is 14.4 Å². The highest BCUT2D eigenvalue weighted by Gasteiger charge is 2.15. The second-order valence-corrected chi connectivity index (χ2v) is 8.58. The number of halogens is 3. The number of hydrogen-bond acceptors (Lipinski definition) is 6. The van der Waals surface area contributed by atoms with Crippen molar-refractivity contribution in [3.8, 4) is 11.5 Å². The standard InChI is InChI=1S/C24H19ClFIN4O5/c1-35-20-11-14(12-28-31-24(34)23(33)29-16-8-6-15(26)7-9-16)10-18(27)22(20)36-13-21(32)30-19-5-3-2-4-17(19)25/h2-12H,13H2,1H3,(H,29,33)(H,30,32)(H,31,34)/b28-12-. The van der Waals surface area contributed by atoms with Crippen LogP contribution in [0.25, 0.3) is 0 Å². The molecular formula is C24H19ClFIN4O5. The molecule has 0 heterocycles. The summed E-state index contributed by atoms with van der Waals surface area (Å²) in [4.78, 5) is 36.1. The predicted molar refractivity (Wildman–Crippen MR) is 142 cm³/mol. The Bertz CT molecular complexity index is 1300. The van der Waals surface area contributed by atoms with Crippen molar-refractivity contribution in [3.05, 3.63) is 80.6 Å². The van der Waals surface area contributed by atoms with Gasteiger partial charge in [0.1, 0.15) is 5.82 Å². The van der Waals surface area contributed by atoms with E-state index in [0.717, 1.165) is 12.1 Å². The fraction of sp³-hybridized carbons (Fsp3) is 0.0833. The second kappa shape index (κ2) is 12.8. The molecule has 0 unspecified atom stereocenters. The highest BCUT2D eigenvalue weighted by atomic mass is 127. The number of nitrogens with one attached hydrogen (secondary N) is 3. The molecule has 0 atom stereocenters. The minimum atomic E-state index is -1.01. The molecule has 12 heteroatoms. The third-order valence-corrected chi connectivity index (χ3v) is 5.57. The zero-order valence-corrected chi connectivity index (χ0v) is 21.6. The topological polar surface area (TPSA) is 118 Å². The molecule has 0 saturated carbocycles. The number of carbonyl (C=O) groups excluding carboxylic acids is 3. The van der Waals surface area contributed by atoms with E-state index in [1.165, 1.54) is 25.5 Å². The molecule has 3 amide bonds. The number of rotatable bonds is 8. The van der Waals surface area contributed by atoms with Gasteiger partial charge in [0.2, 0.25) is 0 Å². The summed E-state index contributed by atoms with van der Waals surface area (Å²) in [6, 6.07) is 15.0. The number of amides is 3. The quantitative estimate of drug-likeness (QED) is 0.150. The molecule has 0 saturated heterocycles. The second-order valence-electron chi connectivity index (χ2n) is 7.01. The zero-order valence-electron chi connectivity index (χ0n) is 18.7. The Morgan fingerprint density at radius 3 is 2.47 bits per heavy atom. The van der Waals surface area contributed by atoms with E-state index in [2.05, 4.69) is 21.2 Å². The van der Waals surface area contributed by atoms with Crippen LogP contribution < -0.4 is 25.5 Å². The van der Waals surface area contributed by atoms with Gasteiger partial charge in [-0.25, -0.2) is 9.82 Å². The van der Waals surface area contributed by atoms with Crippen molar-refractivity contribution < 1.29 is 28.2 Å². The van der Waals surface area contributed by atoms with Crippen LogP contribution >= 0.6 is 34.2 Å². The van der Waals surface area contributed by atoms with Gasteiger partial charge in [0.25, 0.3) is 5.91 Å². The van der Waals surface area contributed by atoms with E-state index < -0.39 is 23.5 Å². The Kier molecular flexibility index (Phi) is 9.59. The summed E-state index contributed by atoms with van der Waals surface area (Å²) in [5.41, 5.74) is 3.37. The normalized spacial score (nSPS) is 10.6. The first-order valence-electron chi connectivity index (χ1n) is 10.2. The van der Waals surface area contributed by atoms with E-state index in [-0.39, 0.29) is 12.3 Å². The van der Waals surface area contributed by atoms with Crippen LogP contribution in [-0.4, -0.2) is 37.7 Å². The molecule has 0 aliphatic rings. The number of para-hydroxylation sites is 1. The molecule has 186 valence electrons. The molecule has 0 aliphatic heterocycles. The van der Waals surface area contributed by atoms with Gasteiger partial charge in [-0.2, -0.15) is 5.10 Å². The number of benzene rings is 3. The van der Waals surface area contributed by atoms with Gasteiger partial charge in [-0.1, -0.05) is 23.7 Å². The number of hydrazone groups is 1. The van der Waals surface area contributed by atoms with Gasteiger partial charge in [-0.15, -0.1) is 0 Å². The summed E-state index contributed by atoms with van der Waals surface area (Å²) in [6.45, 7) is -0.287. The third kappa shape index (κ3) is 7.65. The highest BCUT2D eigenvalue weighted by Crippen LogP contribution is 2.33. The molecular weight excluding hydrogens is 606 g/mol. The summed E-state index contributed by atoms with van der Waals surface area (Å²) < 4.78 is 24.6. The first kappa shape index (κ1) is 26.9. The number of hydrogen-bond donors (Lipinski definition) is 3. The van der Waals surface area contributed by atoms with Crippen molar-refractivity contribution in [1.29, 1.82) is 0 Å². The van der Waals surface area contributed by atoms with Crippen molar-refractivity contribution in [2.75, 3.05) is 24.4 Å². The first-order valence-corrected chi connectivity index (χ1v) is 11.7. The predicted octanol–water partition coefficient (Wildman–Crippen LogP) is 4.20. The van der Waals surface area contributed by atoms with Crippen LogP contribution in [0.1, 0.15) is 5.56 Å². The fourth-order valence-corrected chi connectivity index (χ4v) is 3.74. The summed E-state index contributed by atoms with van der Waals surface area (Å²) in [6.07, 6.45) is 1.31. The average Bonchev–Trinajstić information content (AvgIpc) is 2.85. The molecule has 0 radical (unpaired) electrons. The third-order valence-electron chi connectivity index (χ3n) is 4.44. The van der Waals surface area contributed by atoms with Gasteiger partial charge < -0.3 is 20.1 Å². The Balaban J connectivity index is 1.58. The van der Waals surface area contributed by atoms with Gasteiger partial charge in [-0.05, 0) is 76.7 Å². The fourth-order valence-electron chi connectivity index (χ4n) is 2.78. The van der Waals surface area contributed by atoms with Crippen LogP contribution in [0, 0.1) is 9.39 Å². The Morgan fingerprint density at radius 1 is 1.06 bits per heavy atom. The highest BCUT2D eigenvalue weighted by molar-refractivity contribution is 14.1. The smallest absolute Gasteiger partial charge is 0.329 e. The van der Waals surface area contributed by atoms with Crippen molar-refractivity contribution in [1.82, 2.24) is 5.43 Å². The summed E-state index contributed by atoms with van der Waals surface area (Å²) in [5, 5.41) is 9.17. The molecule has 0 aromatic heterocycles. The minimum Gasteiger partial charge on any atom is -0.493 e. The van der Waals surface area contributed by atoms with Crippen molar-refractivity contribution >= 4 is 69.5 Å². The summed E-state index contributed by atoms with van der Waals surface area (Å²) in [7, 11) is 1.44. The summed E-state index contributed by atoms with van der Waals surface area (Å²) >= 11 is 8.05. The maximum absolute atomic E-state index is 12.9. The molecule has 9 nitrogen and oxygen atoms in total. The molecule has 3 rings (SSSR count). The number of methoxy groups -OCH3 is 1. The van der Waals surface area contributed by atoms with Crippen LogP contribution in [0.15, 0.2) is 65.8 Å². The molecule has 0 aliphatic carbocycles. The molecule has 0 fully saturated rings. The SMILES string of the molecule is COc1cc(/C=N\NC(=O)C(=O)Nc2ccc(F)cc2)cc(I)c1OCC(=O)Nc1ccccc1Cl. The largest absolute Gasteiger partial charge is 0.493 e. The zero-order chi connectivity index (χ0) is 26.1. The lowest BCUT2D eigenvalue weighted by Gasteiger charge is -2.14. The average molecular weight is 625 g/mol. The van der Waals surface area contributed by atoms with E-state index >= 15 is 0 Å². The Hall–Kier alpha value is -3.71. The van der Waals surface area contributed by atoms with Gasteiger partial charge in [0.15, 0.2) is 18.1 Å². The van der Waals surface area contributed by atoms with Crippen molar-refractivity contribution in [3.63, 3.8) is 0 Å². The van der Waals surface area contributed by atoms with Crippen molar-refractivity contribution in [2.24, 2.45) is 5.10 Å². The molecule has 0 bridgehead atoms. The number of ether oxygens (including phenoxy) is 2. The minimum absolute atomic E-state index is 0.260. The van der Waals surface area contributed by atoms with Crippen molar-refractivity contribution in [2.45, 2.75) is 0 Å². The van der Waals surface area contributed by atoms with Gasteiger partial charge in [0, 0.05) is 5.69 Å². The lowest BCUT2D eigenvalue weighted by atomic mass is 10.2. The Labute approximate surface area is 224 Å². The molecule has 3 aromatic rings. The number of anilines is 2. The van der Waals surface area contributed by atoms with Crippen LogP contribution in [0.2, 0.25) is 5.02 Å². The number of nitrogens with zero attached hydrogens (tertiary/aromatic N) is 1. The van der Waals surface area contributed by atoms with Crippen LogP contribution in [0.4, 0.5) is 15.8 Å². The van der Waals surface area contributed by atoms with Crippen LogP contribution in [0.5, 0.6) is 11.5 Å². The van der Waals surface area contributed by atoms with E-state index in [1.54, 1.807) is 36.4 Å². The van der Waals surface area contributed by atoms with Gasteiger partial charge in [0.05, 0.1) is 27.6 Å². The van der Waals surface area contributed by atoms with E-state index in [0.29, 0.717) is 31.3 Å². The van der Waals surface area contributed by atoms with Gasteiger partial charge in [-0.3, -0.25) is 14.4 Å². The maximum atomic E-state index is 12.9.